The topological polar surface area (TPSA) is 22.1 Å². The molecule has 0 saturated carbocycles. The van der Waals surface area contributed by atoms with E-state index in [-0.39, 0.29) is 10.6 Å². The van der Waals surface area contributed by atoms with Gasteiger partial charge in [0.05, 0.1) is 0 Å². The fraction of sp³-hybridized carbons (Fsp3) is 0.615. The van der Waals surface area contributed by atoms with Crippen LogP contribution in [0.4, 0.5) is 13.2 Å². The summed E-state index contributed by atoms with van der Waals surface area (Å²) in [5, 5.41) is -0.291. The van der Waals surface area contributed by atoms with Crippen molar-refractivity contribution in [1.82, 2.24) is 4.98 Å². The molecule has 0 fully saturated rings. The van der Waals surface area contributed by atoms with Gasteiger partial charge in [-0.25, -0.2) is 4.98 Å². The Kier molecular flexibility index (Phi) is 5.09. The van der Waals surface area contributed by atoms with Crippen LogP contribution >= 0.6 is 15.9 Å². The van der Waals surface area contributed by atoms with Crippen LogP contribution in [0, 0.1) is 0 Å². The zero-order valence-electron chi connectivity index (χ0n) is 12.2. The van der Waals surface area contributed by atoms with Gasteiger partial charge in [-0.15, -0.1) is 0 Å². The first-order valence-corrected chi connectivity index (χ1v) is 9.91. The Hall–Kier alpha value is -0.403. The van der Waals surface area contributed by atoms with E-state index in [1.54, 1.807) is 0 Å². The molecule has 0 N–H and O–H groups in total. The molecule has 0 aliphatic rings. The third-order valence-electron chi connectivity index (χ3n) is 3.57. The lowest BCUT2D eigenvalue weighted by Crippen LogP contribution is -2.44. The van der Waals surface area contributed by atoms with E-state index in [2.05, 4.69) is 20.9 Å². The zero-order valence-corrected chi connectivity index (χ0v) is 14.8. The van der Waals surface area contributed by atoms with Gasteiger partial charge in [-0.2, -0.15) is 13.2 Å². The summed E-state index contributed by atoms with van der Waals surface area (Å²) in [5.41, 5.74) is 0.0733. The van der Waals surface area contributed by atoms with Gasteiger partial charge in [-0.1, -0.05) is 20.8 Å². The Bertz CT molecular complexity index is 471. The molecular weight excluding hydrogens is 351 g/mol. The highest BCUT2D eigenvalue weighted by Crippen LogP contribution is 2.44. The molecule has 2 nitrogen and oxygen atoms in total. The minimum absolute atomic E-state index is 0.0733. The summed E-state index contributed by atoms with van der Waals surface area (Å²) >= 11 is 3.09. The molecular formula is C13H19BrF3NOSi. The van der Waals surface area contributed by atoms with E-state index in [4.69, 9.17) is 4.43 Å². The highest BCUT2D eigenvalue weighted by Gasteiger charge is 2.48. The number of halogens is 4. The van der Waals surface area contributed by atoms with E-state index < -0.39 is 20.6 Å². The zero-order chi connectivity index (χ0) is 15.8. The van der Waals surface area contributed by atoms with Gasteiger partial charge < -0.3 is 4.43 Å². The second kappa shape index (κ2) is 5.77. The normalized spacial score (nSPS) is 15.2. The summed E-state index contributed by atoms with van der Waals surface area (Å²) in [6.07, 6.45) is -5.02. The van der Waals surface area contributed by atoms with Crippen molar-refractivity contribution in [3.63, 3.8) is 0 Å². The van der Waals surface area contributed by atoms with Crippen molar-refractivity contribution in [1.29, 1.82) is 0 Å². The van der Waals surface area contributed by atoms with Crippen LogP contribution in [0.15, 0.2) is 22.9 Å². The average Bonchev–Trinajstić information content (AvgIpc) is 2.22. The lowest BCUT2D eigenvalue weighted by atomic mass is 10.1. The van der Waals surface area contributed by atoms with Crippen molar-refractivity contribution in [2.75, 3.05) is 0 Å². The molecule has 0 saturated heterocycles. The van der Waals surface area contributed by atoms with Gasteiger partial charge in [-0.05, 0) is 51.8 Å². The molecule has 0 aromatic carbocycles. The molecule has 0 spiro atoms. The minimum Gasteiger partial charge on any atom is -0.402 e. The molecule has 0 amide bonds. The molecule has 7 heteroatoms. The Morgan fingerprint density at radius 1 is 1.25 bits per heavy atom. The Labute approximate surface area is 127 Å². The van der Waals surface area contributed by atoms with E-state index in [0.29, 0.717) is 4.60 Å². The summed E-state index contributed by atoms with van der Waals surface area (Å²) in [5.74, 6) is 0. The molecule has 114 valence electrons. The molecule has 1 aromatic heterocycles. The van der Waals surface area contributed by atoms with Gasteiger partial charge in [0.1, 0.15) is 4.60 Å². The Morgan fingerprint density at radius 2 is 1.80 bits per heavy atom. The smallest absolute Gasteiger partial charge is 0.402 e. The number of alkyl halides is 3. The summed E-state index contributed by atoms with van der Waals surface area (Å²) in [6.45, 7) is 9.35. The van der Waals surface area contributed by atoms with E-state index >= 15 is 0 Å². The van der Waals surface area contributed by atoms with Gasteiger partial charge >= 0.3 is 6.18 Å². The first-order valence-electron chi connectivity index (χ1n) is 6.20. The van der Waals surface area contributed by atoms with Gasteiger partial charge in [0.15, 0.2) is 14.4 Å². The largest absolute Gasteiger partial charge is 0.417 e. The number of hydrogen-bond donors (Lipinski definition) is 0. The summed E-state index contributed by atoms with van der Waals surface area (Å²) in [7, 11) is -2.53. The minimum atomic E-state index is -4.45. The number of pyridine rings is 1. The number of rotatable bonds is 3. The summed E-state index contributed by atoms with van der Waals surface area (Å²) in [4.78, 5) is 3.85. The molecule has 1 atom stereocenters. The quantitative estimate of drug-likeness (QED) is 0.520. The molecule has 1 aromatic rings. The molecule has 0 bridgehead atoms. The number of hydrogen-bond acceptors (Lipinski definition) is 2. The van der Waals surface area contributed by atoms with Crippen molar-refractivity contribution in [2.24, 2.45) is 0 Å². The highest BCUT2D eigenvalue weighted by atomic mass is 79.9. The van der Waals surface area contributed by atoms with E-state index in [1.165, 1.54) is 18.3 Å². The van der Waals surface area contributed by atoms with Crippen molar-refractivity contribution in [2.45, 2.75) is 51.2 Å². The number of nitrogens with zero attached hydrogens (tertiary/aromatic N) is 1. The molecule has 0 radical (unpaired) electrons. The molecule has 1 heterocycles. The molecule has 1 rings (SSSR count). The fourth-order valence-electron chi connectivity index (χ4n) is 1.38. The second-order valence-electron chi connectivity index (χ2n) is 6.21. The van der Waals surface area contributed by atoms with Crippen molar-refractivity contribution >= 4 is 24.2 Å². The van der Waals surface area contributed by atoms with Gasteiger partial charge in [0.25, 0.3) is 0 Å². The van der Waals surface area contributed by atoms with Crippen LogP contribution < -0.4 is 0 Å². The SMILES string of the molecule is CC(C)(C)[Si](C)(C)OC(c1ccnc(Br)c1)C(F)(F)F. The predicted octanol–water partition coefficient (Wildman–Crippen LogP) is 5.47. The summed E-state index contributed by atoms with van der Waals surface area (Å²) < 4.78 is 45.9. The summed E-state index contributed by atoms with van der Waals surface area (Å²) in [6, 6.07) is 2.70. The van der Waals surface area contributed by atoms with Crippen LogP contribution in [0.5, 0.6) is 0 Å². The van der Waals surface area contributed by atoms with E-state index in [1.807, 2.05) is 33.9 Å². The first-order chi connectivity index (χ1) is 8.84. The van der Waals surface area contributed by atoms with Crippen molar-refractivity contribution < 1.29 is 17.6 Å². The maximum Gasteiger partial charge on any atom is 0.417 e. The van der Waals surface area contributed by atoms with Gasteiger partial charge in [-0.3, -0.25) is 0 Å². The molecule has 0 aliphatic carbocycles. The standard InChI is InChI=1S/C13H19BrF3NOSi/c1-12(2,3)20(4,5)19-11(13(15,16)17)9-6-7-18-10(14)8-9/h6-8,11H,1-5H3. The maximum atomic E-state index is 13.3. The van der Waals surface area contributed by atoms with Crippen LogP contribution in [0.1, 0.15) is 32.4 Å². The van der Waals surface area contributed by atoms with Gasteiger partial charge in [0, 0.05) is 6.20 Å². The first kappa shape index (κ1) is 17.6. The lowest BCUT2D eigenvalue weighted by molar-refractivity contribution is -0.201. The van der Waals surface area contributed by atoms with Crippen LogP contribution in [-0.2, 0) is 4.43 Å². The van der Waals surface area contributed by atoms with E-state index in [9.17, 15) is 13.2 Å². The molecule has 1 unspecified atom stereocenters. The van der Waals surface area contributed by atoms with Gasteiger partial charge in [0.2, 0.25) is 0 Å². The Morgan fingerprint density at radius 3 is 2.20 bits per heavy atom. The maximum absolute atomic E-state index is 13.3. The fourth-order valence-corrected chi connectivity index (χ4v) is 2.97. The van der Waals surface area contributed by atoms with Crippen LogP contribution in [0.3, 0.4) is 0 Å². The third-order valence-corrected chi connectivity index (χ3v) is 8.44. The predicted molar refractivity (Wildman–Crippen MR) is 79.0 cm³/mol. The average molecular weight is 370 g/mol. The van der Waals surface area contributed by atoms with Crippen LogP contribution in [-0.4, -0.2) is 19.5 Å². The van der Waals surface area contributed by atoms with E-state index in [0.717, 1.165) is 0 Å². The highest BCUT2D eigenvalue weighted by molar-refractivity contribution is 9.10. The third kappa shape index (κ3) is 4.29. The van der Waals surface area contributed by atoms with Crippen LogP contribution in [0.2, 0.25) is 18.1 Å². The Balaban J connectivity index is 3.17. The second-order valence-corrected chi connectivity index (χ2v) is 11.8. The van der Waals surface area contributed by atoms with Crippen molar-refractivity contribution in [3.8, 4) is 0 Å². The lowest BCUT2D eigenvalue weighted by Gasteiger charge is -2.39. The monoisotopic (exact) mass is 369 g/mol. The van der Waals surface area contributed by atoms with Crippen LogP contribution in [0.25, 0.3) is 0 Å². The molecule has 0 aliphatic heterocycles. The molecule has 20 heavy (non-hydrogen) atoms. The number of aromatic nitrogens is 1. The van der Waals surface area contributed by atoms with Crippen molar-refractivity contribution in [3.05, 3.63) is 28.5 Å².